The number of hydrogen-bond acceptors (Lipinski definition) is 4. The number of benzene rings is 3. The van der Waals surface area contributed by atoms with Gasteiger partial charge in [-0.1, -0.05) is 54.6 Å². The van der Waals surface area contributed by atoms with Crippen molar-refractivity contribution in [3.8, 4) is 11.5 Å². The van der Waals surface area contributed by atoms with Crippen molar-refractivity contribution in [3.63, 3.8) is 0 Å². The number of ether oxygens (including phenoxy) is 3. The van der Waals surface area contributed by atoms with Crippen LogP contribution in [0.1, 0.15) is 16.7 Å². The van der Waals surface area contributed by atoms with E-state index < -0.39 is 0 Å². The Kier molecular flexibility index (Phi) is 7.66. The van der Waals surface area contributed by atoms with E-state index in [-0.39, 0.29) is 12.5 Å². The fourth-order valence-electron chi connectivity index (χ4n) is 2.77. The first-order valence-electron chi connectivity index (χ1n) is 9.46. The molecule has 0 atom stereocenters. The highest BCUT2D eigenvalue weighted by Gasteiger charge is 2.04. The van der Waals surface area contributed by atoms with Crippen molar-refractivity contribution in [2.45, 2.75) is 19.8 Å². The lowest BCUT2D eigenvalue weighted by Gasteiger charge is -2.10. The van der Waals surface area contributed by atoms with Crippen molar-refractivity contribution in [1.82, 2.24) is 5.32 Å². The molecule has 0 radical (unpaired) electrons. The Bertz CT molecular complexity index is 894. The molecular formula is C24H25NO4. The number of nitrogens with one attached hydrogen (secondary N) is 1. The molecule has 0 bridgehead atoms. The van der Waals surface area contributed by atoms with Crippen LogP contribution < -0.4 is 14.8 Å². The van der Waals surface area contributed by atoms with Gasteiger partial charge in [0.15, 0.2) is 6.61 Å². The van der Waals surface area contributed by atoms with Gasteiger partial charge in [-0.25, -0.2) is 0 Å². The number of amides is 1. The molecule has 0 aliphatic heterocycles. The van der Waals surface area contributed by atoms with Gasteiger partial charge in [-0.2, -0.15) is 0 Å². The Hall–Kier alpha value is -3.31. The van der Waals surface area contributed by atoms with Crippen LogP contribution in [0, 0.1) is 0 Å². The molecule has 5 nitrogen and oxygen atoms in total. The predicted octanol–water partition coefficient (Wildman–Crippen LogP) is 4.11. The molecule has 1 N–H and O–H groups in total. The number of rotatable bonds is 10. The topological polar surface area (TPSA) is 56.8 Å². The minimum atomic E-state index is -0.174. The molecule has 0 saturated carbocycles. The molecule has 5 heteroatoms. The van der Waals surface area contributed by atoms with E-state index in [0.29, 0.717) is 25.5 Å². The normalized spacial score (nSPS) is 10.4. The molecule has 29 heavy (non-hydrogen) atoms. The van der Waals surface area contributed by atoms with Gasteiger partial charge in [0.2, 0.25) is 0 Å². The molecule has 0 aromatic heterocycles. The zero-order valence-corrected chi connectivity index (χ0v) is 16.5. The number of carbonyl (C=O) groups excluding carboxylic acids is 1. The van der Waals surface area contributed by atoms with Crippen molar-refractivity contribution >= 4 is 5.91 Å². The van der Waals surface area contributed by atoms with E-state index in [4.69, 9.17) is 14.2 Å². The number of carbonyl (C=O) groups is 1. The third-order valence-corrected chi connectivity index (χ3v) is 4.23. The summed E-state index contributed by atoms with van der Waals surface area (Å²) in [6, 6.07) is 25.1. The second-order valence-corrected chi connectivity index (χ2v) is 6.56. The van der Waals surface area contributed by atoms with Crippen LogP contribution in [0.25, 0.3) is 0 Å². The maximum Gasteiger partial charge on any atom is 0.258 e. The van der Waals surface area contributed by atoms with Crippen LogP contribution in [0.15, 0.2) is 78.9 Å². The lowest BCUT2D eigenvalue weighted by Crippen LogP contribution is -2.28. The molecule has 150 valence electrons. The second-order valence-electron chi connectivity index (χ2n) is 6.56. The van der Waals surface area contributed by atoms with Crippen molar-refractivity contribution in [2.24, 2.45) is 0 Å². The molecule has 3 aromatic carbocycles. The Morgan fingerprint density at radius 1 is 0.759 bits per heavy atom. The van der Waals surface area contributed by atoms with E-state index in [1.807, 2.05) is 66.7 Å². The summed E-state index contributed by atoms with van der Waals surface area (Å²) >= 11 is 0. The summed E-state index contributed by atoms with van der Waals surface area (Å²) in [4.78, 5) is 12.0. The zero-order valence-electron chi connectivity index (χ0n) is 16.5. The van der Waals surface area contributed by atoms with E-state index in [9.17, 15) is 4.79 Å². The minimum Gasteiger partial charge on any atom is -0.489 e. The molecule has 0 aliphatic rings. The van der Waals surface area contributed by atoms with Crippen LogP contribution in [0.2, 0.25) is 0 Å². The first kappa shape index (κ1) is 20.4. The summed E-state index contributed by atoms with van der Waals surface area (Å²) in [6.45, 7) is 1.47. The van der Waals surface area contributed by atoms with E-state index in [2.05, 4.69) is 5.32 Å². The Morgan fingerprint density at radius 2 is 1.41 bits per heavy atom. The van der Waals surface area contributed by atoms with Crippen LogP contribution in [-0.2, 0) is 29.3 Å². The van der Waals surface area contributed by atoms with Gasteiger partial charge in [0.1, 0.15) is 18.1 Å². The SMILES string of the molecule is COCc1cccc(CNC(=O)COc2ccc(OCc3ccccc3)cc2)c1. The van der Waals surface area contributed by atoms with Gasteiger partial charge in [-0.05, 0) is 41.0 Å². The Labute approximate surface area is 171 Å². The Morgan fingerprint density at radius 3 is 2.14 bits per heavy atom. The summed E-state index contributed by atoms with van der Waals surface area (Å²) in [5, 5.41) is 2.86. The fourth-order valence-corrected chi connectivity index (χ4v) is 2.77. The van der Waals surface area contributed by atoms with Gasteiger partial charge in [0.05, 0.1) is 6.61 Å². The minimum absolute atomic E-state index is 0.0397. The van der Waals surface area contributed by atoms with Gasteiger partial charge in [0.25, 0.3) is 5.91 Å². The average molecular weight is 391 g/mol. The van der Waals surface area contributed by atoms with Crippen LogP contribution in [0.5, 0.6) is 11.5 Å². The lowest BCUT2D eigenvalue weighted by molar-refractivity contribution is -0.123. The lowest BCUT2D eigenvalue weighted by atomic mass is 10.1. The van der Waals surface area contributed by atoms with Crippen molar-refractivity contribution in [3.05, 3.63) is 95.6 Å². The average Bonchev–Trinajstić information content (AvgIpc) is 2.77. The molecule has 0 fully saturated rings. The van der Waals surface area contributed by atoms with Gasteiger partial charge < -0.3 is 19.5 Å². The molecule has 1 amide bonds. The van der Waals surface area contributed by atoms with Crippen LogP contribution in [0.4, 0.5) is 0 Å². The van der Waals surface area contributed by atoms with Crippen LogP contribution in [0.3, 0.4) is 0 Å². The van der Waals surface area contributed by atoms with E-state index in [1.54, 1.807) is 19.2 Å². The summed E-state index contributed by atoms with van der Waals surface area (Å²) in [5.74, 6) is 1.20. The molecule has 3 rings (SSSR count). The second kappa shape index (κ2) is 10.9. The van der Waals surface area contributed by atoms with Gasteiger partial charge in [-0.15, -0.1) is 0 Å². The zero-order chi connectivity index (χ0) is 20.3. The van der Waals surface area contributed by atoms with E-state index in [0.717, 1.165) is 22.4 Å². The standard InChI is InChI=1S/C24H25NO4/c1-27-16-21-9-5-8-20(14-21)15-25-24(26)18-29-23-12-10-22(11-13-23)28-17-19-6-3-2-4-7-19/h2-14H,15-18H2,1H3,(H,25,26). The van der Waals surface area contributed by atoms with Gasteiger partial charge in [-0.3, -0.25) is 4.79 Å². The Balaban J connectivity index is 1.40. The fraction of sp³-hybridized carbons (Fsp3) is 0.208. The first-order chi connectivity index (χ1) is 14.2. The predicted molar refractivity (Wildman–Crippen MR) is 112 cm³/mol. The molecule has 0 aliphatic carbocycles. The van der Waals surface area contributed by atoms with Crippen molar-refractivity contribution in [2.75, 3.05) is 13.7 Å². The maximum absolute atomic E-state index is 12.0. The summed E-state index contributed by atoms with van der Waals surface area (Å²) in [5.41, 5.74) is 3.20. The summed E-state index contributed by atoms with van der Waals surface area (Å²) in [7, 11) is 1.66. The highest BCUT2D eigenvalue weighted by molar-refractivity contribution is 5.77. The van der Waals surface area contributed by atoms with Crippen LogP contribution in [-0.4, -0.2) is 19.6 Å². The van der Waals surface area contributed by atoms with Gasteiger partial charge >= 0.3 is 0 Å². The molecule has 0 heterocycles. The molecule has 0 unspecified atom stereocenters. The summed E-state index contributed by atoms with van der Waals surface area (Å²) in [6.07, 6.45) is 0. The molecule has 0 saturated heterocycles. The first-order valence-corrected chi connectivity index (χ1v) is 9.46. The summed E-state index contributed by atoms with van der Waals surface area (Å²) < 4.78 is 16.4. The monoisotopic (exact) mass is 391 g/mol. The van der Waals surface area contributed by atoms with Crippen LogP contribution >= 0.6 is 0 Å². The largest absolute Gasteiger partial charge is 0.489 e. The van der Waals surface area contributed by atoms with E-state index >= 15 is 0 Å². The molecule has 3 aromatic rings. The molecule has 0 spiro atoms. The van der Waals surface area contributed by atoms with Crippen molar-refractivity contribution in [1.29, 1.82) is 0 Å². The third-order valence-electron chi connectivity index (χ3n) is 4.23. The third kappa shape index (κ3) is 6.97. The smallest absolute Gasteiger partial charge is 0.258 e. The number of methoxy groups -OCH3 is 1. The highest BCUT2D eigenvalue weighted by Crippen LogP contribution is 2.18. The number of hydrogen-bond donors (Lipinski definition) is 1. The highest BCUT2D eigenvalue weighted by atomic mass is 16.5. The molecular weight excluding hydrogens is 366 g/mol. The van der Waals surface area contributed by atoms with E-state index in [1.165, 1.54) is 0 Å². The quantitative estimate of drug-likeness (QED) is 0.565. The maximum atomic E-state index is 12.0. The van der Waals surface area contributed by atoms with Gasteiger partial charge in [0, 0.05) is 13.7 Å². The van der Waals surface area contributed by atoms with Crippen molar-refractivity contribution < 1.29 is 19.0 Å².